The first-order valence-corrected chi connectivity index (χ1v) is 15.6. The van der Waals surface area contributed by atoms with Crippen molar-refractivity contribution in [2.75, 3.05) is 31.6 Å². The molecule has 0 saturated carbocycles. The van der Waals surface area contributed by atoms with Crippen LogP contribution in [0.25, 0.3) is 0 Å². The van der Waals surface area contributed by atoms with Crippen LogP contribution in [0.3, 0.4) is 0 Å². The molecule has 226 valence electrons. The summed E-state index contributed by atoms with van der Waals surface area (Å²) in [6.07, 6.45) is 0.993. The van der Waals surface area contributed by atoms with Crippen molar-refractivity contribution in [3.05, 3.63) is 82.3 Å². The average Bonchev–Trinajstić information content (AvgIpc) is 2.99. The zero-order valence-corrected chi connectivity index (χ0v) is 26.3. The van der Waals surface area contributed by atoms with Crippen molar-refractivity contribution in [1.29, 1.82) is 0 Å². The number of amides is 2. The fraction of sp³-hybridized carbons (Fsp3) is 0.333. The minimum absolute atomic E-state index is 0.0464. The van der Waals surface area contributed by atoms with Crippen molar-refractivity contribution in [3.8, 4) is 11.5 Å². The van der Waals surface area contributed by atoms with E-state index in [1.807, 2.05) is 6.92 Å². The van der Waals surface area contributed by atoms with Crippen LogP contribution in [-0.4, -0.2) is 58.5 Å². The van der Waals surface area contributed by atoms with Crippen LogP contribution in [0.1, 0.15) is 32.3 Å². The molecule has 0 heterocycles. The number of anilines is 1. The fourth-order valence-electron chi connectivity index (χ4n) is 4.34. The molecule has 3 aromatic carbocycles. The van der Waals surface area contributed by atoms with Gasteiger partial charge in [-0.2, -0.15) is 0 Å². The molecule has 0 saturated heterocycles. The molecule has 12 heteroatoms. The van der Waals surface area contributed by atoms with Crippen LogP contribution < -0.4 is 19.1 Å². The monoisotopic (exact) mass is 635 g/mol. The Balaban J connectivity index is 2.11. The minimum Gasteiger partial charge on any atom is -0.497 e. The zero-order chi connectivity index (χ0) is 30.9. The maximum absolute atomic E-state index is 14.2. The van der Waals surface area contributed by atoms with E-state index < -0.39 is 28.5 Å². The molecule has 0 bridgehead atoms. The number of ether oxygens (including phenoxy) is 2. The van der Waals surface area contributed by atoms with E-state index >= 15 is 0 Å². The second-order valence-corrected chi connectivity index (χ2v) is 12.0. The summed E-state index contributed by atoms with van der Waals surface area (Å²) in [4.78, 5) is 28.7. The third-order valence-electron chi connectivity index (χ3n) is 6.57. The molecule has 0 aliphatic heterocycles. The van der Waals surface area contributed by atoms with Gasteiger partial charge in [0.2, 0.25) is 11.8 Å². The van der Waals surface area contributed by atoms with E-state index in [9.17, 15) is 18.0 Å². The quantitative estimate of drug-likeness (QED) is 0.249. The minimum atomic E-state index is -4.29. The number of rotatable bonds is 14. The molecule has 0 spiro atoms. The highest BCUT2D eigenvalue weighted by Gasteiger charge is 2.35. The summed E-state index contributed by atoms with van der Waals surface area (Å²) in [5.41, 5.74) is 0.718. The zero-order valence-electron chi connectivity index (χ0n) is 24.0. The number of sulfonamides is 1. The van der Waals surface area contributed by atoms with Gasteiger partial charge in [0.25, 0.3) is 10.0 Å². The van der Waals surface area contributed by atoms with Crippen LogP contribution in [0.4, 0.5) is 5.69 Å². The number of nitrogens with zero attached hydrogens (tertiary/aromatic N) is 2. The summed E-state index contributed by atoms with van der Waals surface area (Å²) in [6, 6.07) is 16.3. The molecule has 42 heavy (non-hydrogen) atoms. The highest BCUT2D eigenvalue weighted by molar-refractivity contribution is 7.92. The van der Waals surface area contributed by atoms with Gasteiger partial charge in [-0.05, 0) is 66.9 Å². The van der Waals surface area contributed by atoms with Gasteiger partial charge < -0.3 is 19.7 Å². The lowest BCUT2D eigenvalue weighted by atomic mass is 10.1. The molecule has 0 unspecified atom stereocenters. The SMILES string of the molecule is CCCNC(=O)[C@H](CC)N(Cc1ccc(Cl)cc1Cl)C(=O)CN(c1ccccc1OC)S(=O)(=O)c1ccc(OC)cc1. The van der Waals surface area contributed by atoms with Crippen LogP contribution in [0, 0.1) is 0 Å². The Kier molecular flexibility index (Phi) is 11.9. The predicted molar refractivity (Wildman–Crippen MR) is 165 cm³/mol. The van der Waals surface area contributed by atoms with Gasteiger partial charge in [0.05, 0.1) is 24.8 Å². The number of halogens is 2. The lowest BCUT2D eigenvalue weighted by Gasteiger charge is -2.33. The molecule has 0 radical (unpaired) electrons. The average molecular weight is 637 g/mol. The molecule has 0 fully saturated rings. The van der Waals surface area contributed by atoms with E-state index in [4.69, 9.17) is 32.7 Å². The van der Waals surface area contributed by atoms with Crippen molar-refractivity contribution < 1.29 is 27.5 Å². The summed E-state index contributed by atoms with van der Waals surface area (Å²) in [7, 11) is -1.39. The van der Waals surface area contributed by atoms with Crippen LogP contribution in [0.2, 0.25) is 10.0 Å². The fourth-order valence-corrected chi connectivity index (χ4v) is 6.24. The van der Waals surface area contributed by atoms with Crippen LogP contribution >= 0.6 is 23.2 Å². The Morgan fingerprint density at radius 2 is 1.64 bits per heavy atom. The number of benzene rings is 3. The van der Waals surface area contributed by atoms with Gasteiger partial charge in [-0.25, -0.2) is 8.42 Å². The molecule has 0 aliphatic carbocycles. The van der Waals surface area contributed by atoms with Crippen LogP contribution in [0.15, 0.2) is 71.6 Å². The highest BCUT2D eigenvalue weighted by atomic mass is 35.5. The molecule has 0 aromatic heterocycles. The number of carbonyl (C=O) groups excluding carboxylic acids is 2. The van der Waals surface area contributed by atoms with Gasteiger partial charge in [0.1, 0.15) is 24.1 Å². The van der Waals surface area contributed by atoms with Crippen LogP contribution in [-0.2, 0) is 26.2 Å². The van der Waals surface area contributed by atoms with Gasteiger partial charge in [0, 0.05) is 23.1 Å². The van der Waals surface area contributed by atoms with Crippen molar-refractivity contribution in [2.45, 2.75) is 44.2 Å². The molecule has 1 N–H and O–H groups in total. The summed E-state index contributed by atoms with van der Waals surface area (Å²) in [5, 5.41) is 3.58. The Morgan fingerprint density at radius 3 is 2.24 bits per heavy atom. The Hall–Kier alpha value is -3.47. The second kappa shape index (κ2) is 15.1. The molecule has 1 atom stereocenters. The van der Waals surface area contributed by atoms with E-state index in [1.165, 1.54) is 43.4 Å². The van der Waals surface area contributed by atoms with E-state index in [-0.39, 0.29) is 35.2 Å². The third-order valence-corrected chi connectivity index (χ3v) is 8.93. The number of hydrogen-bond acceptors (Lipinski definition) is 6. The summed E-state index contributed by atoms with van der Waals surface area (Å²) in [5.74, 6) is -0.228. The molecule has 2 amide bonds. The van der Waals surface area contributed by atoms with Crippen LogP contribution in [0.5, 0.6) is 11.5 Å². The largest absolute Gasteiger partial charge is 0.497 e. The molecular weight excluding hydrogens is 601 g/mol. The lowest BCUT2D eigenvalue weighted by Crippen LogP contribution is -2.52. The topological polar surface area (TPSA) is 105 Å². The van der Waals surface area contributed by atoms with E-state index in [2.05, 4.69) is 5.32 Å². The second-order valence-electron chi connectivity index (χ2n) is 9.33. The first-order chi connectivity index (χ1) is 20.1. The van der Waals surface area contributed by atoms with E-state index in [1.54, 1.807) is 49.4 Å². The normalized spacial score (nSPS) is 11.9. The maximum atomic E-state index is 14.2. The summed E-state index contributed by atoms with van der Waals surface area (Å²) in [6.45, 7) is 3.48. The van der Waals surface area contributed by atoms with Crippen molar-refractivity contribution in [2.24, 2.45) is 0 Å². The van der Waals surface area contributed by atoms with E-state index in [0.29, 0.717) is 34.3 Å². The summed E-state index contributed by atoms with van der Waals surface area (Å²) < 4.78 is 39.8. The van der Waals surface area contributed by atoms with Crippen molar-refractivity contribution in [1.82, 2.24) is 10.2 Å². The third kappa shape index (κ3) is 7.87. The Bertz CT molecular complexity index is 1480. The number of nitrogens with one attached hydrogen (secondary N) is 1. The Labute approximate surface area is 257 Å². The van der Waals surface area contributed by atoms with E-state index in [0.717, 1.165) is 4.31 Å². The number of para-hydroxylation sites is 2. The van der Waals surface area contributed by atoms with Gasteiger partial charge in [0.15, 0.2) is 0 Å². The molecule has 0 aliphatic rings. The number of hydrogen-bond donors (Lipinski definition) is 1. The van der Waals surface area contributed by atoms with Crippen molar-refractivity contribution in [3.63, 3.8) is 0 Å². The Morgan fingerprint density at radius 1 is 0.952 bits per heavy atom. The highest BCUT2D eigenvalue weighted by Crippen LogP contribution is 2.33. The smallest absolute Gasteiger partial charge is 0.264 e. The predicted octanol–water partition coefficient (Wildman–Crippen LogP) is 5.54. The standard InChI is InChI=1S/C30H35Cl2N3O6S/c1-5-17-33-30(37)26(6-2)34(19-21-11-12-22(31)18-25(21)32)29(36)20-35(27-9-7-8-10-28(27)41-4)42(38,39)24-15-13-23(40-3)14-16-24/h7-16,18,26H,5-6,17,19-20H2,1-4H3,(H,33,37)/t26-/m0/s1. The molecule has 3 rings (SSSR count). The van der Waals surface area contributed by atoms with Crippen molar-refractivity contribution >= 4 is 50.7 Å². The molecule has 9 nitrogen and oxygen atoms in total. The van der Waals surface area contributed by atoms with Gasteiger partial charge in [-0.15, -0.1) is 0 Å². The van der Waals surface area contributed by atoms with Gasteiger partial charge in [-0.3, -0.25) is 13.9 Å². The number of carbonyl (C=O) groups is 2. The maximum Gasteiger partial charge on any atom is 0.264 e. The first kappa shape index (κ1) is 33.0. The van der Waals surface area contributed by atoms with Gasteiger partial charge in [-0.1, -0.05) is 55.2 Å². The molecule has 3 aromatic rings. The first-order valence-electron chi connectivity index (χ1n) is 13.4. The molecular formula is C30H35Cl2N3O6S. The lowest BCUT2D eigenvalue weighted by molar-refractivity contribution is -0.140. The number of methoxy groups -OCH3 is 2. The summed E-state index contributed by atoms with van der Waals surface area (Å²) >= 11 is 12.5. The van der Waals surface area contributed by atoms with Gasteiger partial charge >= 0.3 is 0 Å².